The summed E-state index contributed by atoms with van der Waals surface area (Å²) < 4.78 is 8.87. The predicted molar refractivity (Wildman–Crippen MR) is 195 cm³/mol. The van der Waals surface area contributed by atoms with Crippen molar-refractivity contribution in [2.45, 2.75) is 6.92 Å². The van der Waals surface area contributed by atoms with E-state index < -0.39 is 0 Å². The van der Waals surface area contributed by atoms with Gasteiger partial charge in [-0.15, -0.1) is 0 Å². The maximum atomic E-state index is 6.46. The molecule has 0 radical (unpaired) electrons. The van der Waals surface area contributed by atoms with Crippen molar-refractivity contribution in [2.24, 2.45) is 0 Å². The molecule has 3 heterocycles. The molecule has 0 bridgehead atoms. The molecule has 46 heavy (non-hydrogen) atoms. The van der Waals surface area contributed by atoms with Crippen LogP contribution in [0.5, 0.6) is 0 Å². The molecule has 3 heteroatoms. The second-order valence-electron chi connectivity index (χ2n) is 11.9. The molecule has 0 fully saturated rings. The summed E-state index contributed by atoms with van der Waals surface area (Å²) in [5.74, 6) is 1.09. The molecule has 3 nitrogen and oxygen atoms in total. The van der Waals surface area contributed by atoms with Crippen LogP contribution < -0.4 is 4.90 Å². The quantitative estimate of drug-likeness (QED) is 0.190. The van der Waals surface area contributed by atoms with Crippen LogP contribution in [-0.2, 0) is 0 Å². The average Bonchev–Trinajstić information content (AvgIpc) is 3.63. The highest BCUT2D eigenvalue weighted by molar-refractivity contribution is 6.10. The largest absolute Gasteiger partial charge is 0.455 e. The van der Waals surface area contributed by atoms with Crippen LogP contribution in [0.25, 0.3) is 66.0 Å². The molecule has 2 aromatic heterocycles. The first-order valence-electron chi connectivity index (χ1n) is 15.6. The van der Waals surface area contributed by atoms with Crippen molar-refractivity contribution in [3.63, 3.8) is 0 Å². The number of benzene rings is 6. The minimum absolute atomic E-state index is 0.904. The van der Waals surface area contributed by atoms with Gasteiger partial charge in [0, 0.05) is 44.2 Å². The van der Waals surface area contributed by atoms with E-state index in [-0.39, 0.29) is 0 Å². The summed E-state index contributed by atoms with van der Waals surface area (Å²) in [7, 11) is 0. The second kappa shape index (κ2) is 10.3. The molecule has 6 aromatic carbocycles. The number of hydrogen-bond donors (Lipinski definition) is 0. The molecule has 218 valence electrons. The van der Waals surface area contributed by atoms with E-state index in [4.69, 9.17) is 4.42 Å². The van der Waals surface area contributed by atoms with E-state index in [1.165, 1.54) is 27.2 Å². The van der Waals surface area contributed by atoms with E-state index in [9.17, 15) is 0 Å². The lowest BCUT2D eigenvalue weighted by Crippen LogP contribution is -2.13. The minimum atomic E-state index is 0.904. The third-order valence-electron chi connectivity index (χ3n) is 9.26. The van der Waals surface area contributed by atoms with Gasteiger partial charge >= 0.3 is 0 Å². The molecule has 9 rings (SSSR count). The van der Waals surface area contributed by atoms with Crippen LogP contribution in [0.15, 0.2) is 163 Å². The van der Waals surface area contributed by atoms with Crippen LogP contribution in [0.2, 0.25) is 0 Å². The lowest BCUT2D eigenvalue weighted by molar-refractivity contribution is 0.670. The Morgan fingerprint density at radius 3 is 2.28 bits per heavy atom. The van der Waals surface area contributed by atoms with E-state index in [2.05, 4.69) is 150 Å². The van der Waals surface area contributed by atoms with Gasteiger partial charge in [-0.05, 0) is 65.7 Å². The molecule has 8 aromatic rings. The SMILES string of the molecule is C=C/C=C\C1=C(C)n2c(cc3cc4ccccc4cc32)N(c2cccc(-c3cccc4c3oc3ccccc34)c2)c2ccccc21. The Kier molecular flexibility index (Phi) is 5.87. The lowest BCUT2D eigenvalue weighted by atomic mass is 9.99. The lowest BCUT2D eigenvalue weighted by Gasteiger charge is -2.26. The molecular weight excluding hydrogens is 560 g/mol. The number of aromatic nitrogens is 1. The minimum Gasteiger partial charge on any atom is -0.455 e. The Morgan fingerprint density at radius 1 is 0.652 bits per heavy atom. The van der Waals surface area contributed by atoms with Crippen LogP contribution in [0, 0.1) is 0 Å². The number of para-hydroxylation sites is 3. The summed E-state index contributed by atoms with van der Waals surface area (Å²) >= 11 is 0. The molecule has 0 spiro atoms. The Morgan fingerprint density at radius 2 is 1.39 bits per heavy atom. The monoisotopic (exact) mass is 590 g/mol. The van der Waals surface area contributed by atoms with Gasteiger partial charge in [-0.3, -0.25) is 9.47 Å². The van der Waals surface area contributed by atoms with Gasteiger partial charge < -0.3 is 4.42 Å². The molecule has 0 aliphatic carbocycles. The number of anilines is 3. The van der Waals surface area contributed by atoms with Crippen molar-refractivity contribution < 1.29 is 4.42 Å². The van der Waals surface area contributed by atoms with Crippen LogP contribution in [0.4, 0.5) is 17.2 Å². The Bertz CT molecular complexity index is 2570. The fourth-order valence-electron chi connectivity index (χ4n) is 7.17. The van der Waals surface area contributed by atoms with Gasteiger partial charge in [0.1, 0.15) is 17.0 Å². The van der Waals surface area contributed by atoms with Crippen molar-refractivity contribution in [3.05, 3.63) is 164 Å². The molecule has 0 amide bonds. The standard InChI is InChI=1S/C43H30N2O/c1-3-4-17-34-28(2)44-40-26-30-14-6-5-13-29(30)24-32(40)27-42(44)45(39-22-9-7-18-36(34)39)33-16-11-15-31(25-33)35-20-12-21-38-37-19-8-10-23-41(37)46-43(35)38/h3-27H,1H2,2H3/b17-4-. The number of nitrogens with zero attached hydrogens (tertiary/aromatic N) is 2. The Hall–Kier alpha value is -6.06. The number of fused-ring (bicyclic) bond motifs is 8. The molecule has 1 aliphatic heterocycles. The van der Waals surface area contributed by atoms with Crippen molar-refractivity contribution in [1.29, 1.82) is 0 Å². The first-order valence-corrected chi connectivity index (χ1v) is 15.6. The van der Waals surface area contributed by atoms with Gasteiger partial charge in [-0.25, -0.2) is 0 Å². The summed E-state index contributed by atoms with van der Waals surface area (Å²) in [4.78, 5) is 2.40. The molecule has 1 aliphatic rings. The van der Waals surface area contributed by atoms with Gasteiger partial charge in [0.2, 0.25) is 0 Å². The average molecular weight is 591 g/mol. The van der Waals surface area contributed by atoms with Crippen LogP contribution in [-0.4, -0.2) is 4.57 Å². The maximum Gasteiger partial charge on any atom is 0.143 e. The predicted octanol–water partition coefficient (Wildman–Crippen LogP) is 12.3. The highest BCUT2D eigenvalue weighted by atomic mass is 16.3. The molecule has 0 saturated carbocycles. The molecular formula is C43H30N2O. The molecule has 0 N–H and O–H groups in total. The van der Waals surface area contributed by atoms with Crippen molar-refractivity contribution in [3.8, 4) is 11.1 Å². The zero-order chi connectivity index (χ0) is 30.8. The van der Waals surface area contributed by atoms with Crippen molar-refractivity contribution in [2.75, 3.05) is 4.90 Å². The summed E-state index contributed by atoms with van der Waals surface area (Å²) in [6.45, 7) is 6.19. The van der Waals surface area contributed by atoms with Gasteiger partial charge in [0.15, 0.2) is 0 Å². The fourth-order valence-corrected chi connectivity index (χ4v) is 7.17. The number of rotatable bonds is 4. The maximum absolute atomic E-state index is 6.46. The summed E-state index contributed by atoms with van der Waals surface area (Å²) in [6, 6.07) is 47.8. The summed E-state index contributed by atoms with van der Waals surface area (Å²) in [5.41, 5.74) is 10.9. The van der Waals surface area contributed by atoms with Crippen LogP contribution in [0.3, 0.4) is 0 Å². The van der Waals surface area contributed by atoms with Crippen LogP contribution in [0.1, 0.15) is 12.5 Å². The smallest absolute Gasteiger partial charge is 0.143 e. The molecule has 0 atom stereocenters. The topological polar surface area (TPSA) is 21.3 Å². The Balaban J connectivity index is 1.33. The van der Waals surface area contributed by atoms with E-state index in [1.807, 2.05) is 24.3 Å². The summed E-state index contributed by atoms with van der Waals surface area (Å²) in [5, 5.41) is 5.92. The number of furan rings is 1. The van der Waals surface area contributed by atoms with Gasteiger partial charge in [0.05, 0.1) is 11.2 Å². The first kappa shape index (κ1) is 26.4. The van der Waals surface area contributed by atoms with Gasteiger partial charge in [0.25, 0.3) is 0 Å². The van der Waals surface area contributed by atoms with E-state index in [0.717, 1.165) is 61.5 Å². The normalized spacial score (nSPS) is 13.2. The summed E-state index contributed by atoms with van der Waals surface area (Å²) in [6.07, 6.45) is 6.05. The fraction of sp³-hybridized carbons (Fsp3) is 0.0233. The molecule has 0 saturated heterocycles. The molecule has 0 unspecified atom stereocenters. The highest BCUT2D eigenvalue weighted by Gasteiger charge is 2.27. The number of hydrogen-bond acceptors (Lipinski definition) is 2. The first-order chi connectivity index (χ1) is 22.7. The number of allylic oxidation sites excluding steroid dienone is 5. The van der Waals surface area contributed by atoms with E-state index >= 15 is 0 Å². The third kappa shape index (κ3) is 3.92. The van der Waals surface area contributed by atoms with E-state index in [0.29, 0.717) is 0 Å². The second-order valence-corrected chi connectivity index (χ2v) is 11.9. The van der Waals surface area contributed by atoms with E-state index in [1.54, 1.807) is 0 Å². The zero-order valence-electron chi connectivity index (χ0n) is 25.4. The van der Waals surface area contributed by atoms with Crippen molar-refractivity contribution in [1.82, 2.24) is 4.57 Å². The third-order valence-corrected chi connectivity index (χ3v) is 9.26. The zero-order valence-corrected chi connectivity index (χ0v) is 25.4. The van der Waals surface area contributed by atoms with Crippen molar-refractivity contribution >= 4 is 72.1 Å². The van der Waals surface area contributed by atoms with Crippen LogP contribution >= 0.6 is 0 Å². The highest BCUT2D eigenvalue weighted by Crippen LogP contribution is 2.48. The van der Waals surface area contributed by atoms with Gasteiger partial charge in [-0.2, -0.15) is 0 Å². The Labute approximate surface area is 267 Å². The van der Waals surface area contributed by atoms with Gasteiger partial charge in [-0.1, -0.05) is 116 Å².